The number of carbonyl (C=O) groups excluding carboxylic acids is 1. The van der Waals surface area contributed by atoms with Crippen LogP contribution in [-0.4, -0.2) is 48.0 Å². The molecule has 0 saturated heterocycles. The maximum Gasteiger partial charge on any atom is 0.422 e. The number of nitrogens with zero attached hydrogens (tertiary/aromatic N) is 3. The summed E-state index contributed by atoms with van der Waals surface area (Å²) in [5.74, 6) is -2.16. The predicted molar refractivity (Wildman–Crippen MR) is 127 cm³/mol. The third kappa shape index (κ3) is 6.72. The monoisotopic (exact) mass is 608 g/mol. The van der Waals surface area contributed by atoms with Gasteiger partial charge in [0.1, 0.15) is 17.0 Å². The fourth-order valence-corrected chi connectivity index (χ4v) is 4.31. The van der Waals surface area contributed by atoms with Gasteiger partial charge in [-0.1, -0.05) is 12.1 Å². The van der Waals surface area contributed by atoms with E-state index in [4.69, 9.17) is 0 Å². The summed E-state index contributed by atoms with van der Waals surface area (Å²) in [5, 5.41) is 6.12. The zero-order valence-corrected chi connectivity index (χ0v) is 21.2. The van der Waals surface area contributed by atoms with Gasteiger partial charge in [-0.15, -0.1) is 0 Å². The lowest BCUT2D eigenvalue weighted by Crippen LogP contribution is -2.21. The van der Waals surface area contributed by atoms with Crippen LogP contribution >= 0.6 is 0 Å². The SMILES string of the molecule is CS(=O)(=O)c1cccc(NC(=O)c2cnn3c(C(F)F)cc(-c4ccc(C(F)(F)F)c(OCC(F)(F)F)c4)nc23)c1. The first-order valence-corrected chi connectivity index (χ1v) is 13.0. The van der Waals surface area contributed by atoms with Crippen LogP contribution in [0.25, 0.3) is 16.9 Å². The smallest absolute Gasteiger partial charge is 0.422 e. The molecule has 0 radical (unpaired) electrons. The molecule has 0 aliphatic heterocycles. The molecule has 41 heavy (non-hydrogen) atoms. The van der Waals surface area contributed by atoms with E-state index < -0.39 is 69.5 Å². The number of amides is 1. The largest absolute Gasteiger partial charge is 0.483 e. The van der Waals surface area contributed by atoms with Crippen molar-refractivity contribution in [3.8, 4) is 17.0 Å². The molecular formula is C24H16F8N4O4S. The van der Waals surface area contributed by atoms with Crippen molar-refractivity contribution >= 4 is 27.1 Å². The van der Waals surface area contributed by atoms with E-state index in [1.807, 2.05) is 0 Å². The molecule has 17 heteroatoms. The van der Waals surface area contributed by atoms with E-state index in [0.29, 0.717) is 16.6 Å². The van der Waals surface area contributed by atoms with Crippen LogP contribution in [0, 0.1) is 0 Å². The number of alkyl halides is 8. The van der Waals surface area contributed by atoms with Gasteiger partial charge in [-0.25, -0.2) is 26.7 Å². The first-order valence-electron chi connectivity index (χ1n) is 11.1. The Bertz CT molecular complexity index is 1730. The second-order valence-electron chi connectivity index (χ2n) is 8.53. The molecule has 4 aromatic rings. The van der Waals surface area contributed by atoms with Gasteiger partial charge in [0, 0.05) is 17.5 Å². The third-order valence-electron chi connectivity index (χ3n) is 5.46. The van der Waals surface area contributed by atoms with Crippen LogP contribution in [0.1, 0.15) is 28.0 Å². The van der Waals surface area contributed by atoms with Crippen molar-refractivity contribution in [2.75, 3.05) is 18.2 Å². The zero-order valence-electron chi connectivity index (χ0n) is 20.4. The Morgan fingerprint density at radius 1 is 1.05 bits per heavy atom. The highest BCUT2D eigenvalue weighted by Gasteiger charge is 2.36. The fraction of sp³-hybridized carbons (Fsp3) is 0.208. The normalized spacial score (nSPS) is 12.6. The van der Waals surface area contributed by atoms with E-state index >= 15 is 0 Å². The van der Waals surface area contributed by atoms with Crippen molar-refractivity contribution in [3.05, 3.63) is 71.5 Å². The molecule has 218 valence electrons. The maximum absolute atomic E-state index is 13.9. The van der Waals surface area contributed by atoms with Gasteiger partial charge in [-0.2, -0.15) is 31.4 Å². The summed E-state index contributed by atoms with van der Waals surface area (Å²) < 4.78 is 135. The van der Waals surface area contributed by atoms with Gasteiger partial charge in [0.25, 0.3) is 12.3 Å². The number of nitrogens with one attached hydrogen (secondary N) is 1. The Hall–Kier alpha value is -4.28. The highest BCUT2D eigenvalue weighted by Crippen LogP contribution is 2.39. The number of ether oxygens (including phenoxy) is 1. The Kier molecular flexibility index (Phi) is 7.68. The summed E-state index contributed by atoms with van der Waals surface area (Å²) in [4.78, 5) is 16.9. The van der Waals surface area contributed by atoms with Crippen molar-refractivity contribution in [3.63, 3.8) is 0 Å². The second-order valence-corrected chi connectivity index (χ2v) is 10.5. The van der Waals surface area contributed by atoms with Crippen molar-refractivity contribution in [1.29, 1.82) is 0 Å². The lowest BCUT2D eigenvalue weighted by atomic mass is 10.1. The molecule has 0 aliphatic carbocycles. The average molecular weight is 608 g/mol. The number of hydrogen-bond donors (Lipinski definition) is 1. The summed E-state index contributed by atoms with van der Waals surface area (Å²) in [6, 6.07) is 7.64. The van der Waals surface area contributed by atoms with Crippen molar-refractivity contribution in [2.24, 2.45) is 0 Å². The lowest BCUT2D eigenvalue weighted by molar-refractivity contribution is -0.158. The minimum absolute atomic E-state index is 0.0247. The molecule has 2 aromatic carbocycles. The number of hydrogen-bond acceptors (Lipinski definition) is 6. The van der Waals surface area contributed by atoms with Crippen LogP contribution < -0.4 is 10.1 Å². The Morgan fingerprint density at radius 3 is 2.37 bits per heavy atom. The second kappa shape index (κ2) is 10.6. The minimum Gasteiger partial charge on any atom is -0.483 e. The quantitative estimate of drug-likeness (QED) is 0.260. The molecule has 8 nitrogen and oxygen atoms in total. The molecule has 4 rings (SSSR count). The Morgan fingerprint density at radius 2 is 1.76 bits per heavy atom. The molecule has 2 heterocycles. The highest BCUT2D eigenvalue weighted by atomic mass is 32.2. The predicted octanol–water partition coefficient (Wildman–Crippen LogP) is 5.95. The zero-order chi connectivity index (χ0) is 30.3. The van der Waals surface area contributed by atoms with E-state index in [1.54, 1.807) is 0 Å². The van der Waals surface area contributed by atoms with E-state index in [2.05, 4.69) is 20.1 Å². The molecule has 2 aromatic heterocycles. The van der Waals surface area contributed by atoms with Crippen LogP contribution in [0.5, 0.6) is 5.75 Å². The number of sulfone groups is 1. The standard InChI is InChI=1S/C24H16F8N4O4S/c1-41(38,39)14-4-2-3-13(8-14)34-22(37)15-10-33-36-18(20(25)26)9-17(35-21(15)36)12-5-6-16(24(30,31)32)19(7-12)40-11-23(27,28)29/h2-10,20H,11H2,1H3,(H,34,37). The van der Waals surface area contributed by atoms with Crippen LogP contribution in [0.15, 0.2) is 59.6 Å². The van der Waals surface area contributed by atoms with Gasteiger partial charge in [0.2, 0.25) is 0 Å². The number of aromatic nitrogens is 3. The molecule has 1 N–H and O–H groups in total. The molecule has 0 saturated carbocycles. The first kappa shape index (κ1) is 29.7. The first-order chi connectivity index (χ1) is 18.9. The molecule has 0 spiro atoms. The molecular weight excluding hydrogens is 592 g/mol. The van der Waals surface area contributed by atoms with Crippen molar-refractivity contribution in [1.82, 2.24) is 14.6 Å². The number of carbonyl (C=O) groups is 1. The number of anilines is 1. The van der Waals surface area contributed by atoms with Crippen LogP contribution in [0.4, 0.5) is 40.8 Å². The Labute approximate surface area is 225 Å². The molecule has 0 unspecified atom stereocenters. The van der Waals surface area contributed by atoms with Gasteiger partial charge < -0.3 is 10.1 Å². The summed E-state index contributed by atoms with van der Waals surface area (Å²) >= 11 is 0. The average Bonchev–Trinajstić information content (AvgIpc) is 3.29. The highest BCUT2D eigenvalue weighted by molar-refractivity contribution is 7.90. The fourth-order valence-electron chi connectivity index (χ4n) is 3.65. The summed E-state index contributed by atoms with van der Waals surface area (Å²) in [7, 11) is -3.64. The number of benzene rings is 2. The third-order valence-corrected chi connectivity index (χ3v) is 6.57. The molecule has 0 fully saturated rings. The van der Waals surface area contributed by atoms with Gasteiger partial charge in [0.05, 0.1) is 22.3 Å². The van der Waals surface area contributed by atoms with E-state index in [0.717, 1.165) is 30.7 Å². The number of halogens is 8. The van der Waals surface area contributed by atoms with Gasteiger partial charge in [-0.3, -0.25) is 4.79 Å². The summed E-state index contributed by atoms with van der Waals surface area (Å²) in [5.41, 5.74) is -3.94. The van der Waals surface area contributed by atoms with Crippen molar-refractivity contribution < 1.29 is 53.1 Å². The van der Waals surface area contributed by atoms with E-state index in [9.17, 15) is 48.3 Å². The number of rotatable bonds is 7. The topological polar surface area (TPSA) is 103 Å². The summed E-state index contributed by atoms with van der Waals surface area (Å²) in [6.45, 7) is -2.05. The Balaban J connectivity index is 1.80. The van der Waals surface area contributed by atoms with Crippen LogP contribution in [-0.2, 0) is 16.0 Å². The van der Waals surface area contributed by atoms with Gasteiger partial charge in [0.15, 0.2) is 22.1 Å². The minimum atomic E-state index is -5.10. The molecule has 0 aliphatic rings. The molecule has 0 bridgehead atoms. The molecule has 1 amide bonds. The van der Waals surface area contributed by atoms with Crippen LogP contribution in [0.2, 0.25) is 0 Å². The van der Waals surface area contributed by atoms with Gasteiger partial charge in [-0.05, 0) is 36.4 Å². The lowest BCUT2D eigenvalue weighted by Gasteiger charge is -2.16. The van der Waals surface area contributed by atoms with E-state index in [-0.39, 0.29) is 21.7 Å². The molecule has 0 atom stereocenters. The maximum atomic E-state index is 13.9. The van der Waals surface area contributed by atoms with Gasteiger partial charge >= 0.3 is 12.4 Å². The van der Waals surface area contributed by atoms with E-state index in [1.165, 1.54) is 18.2 Å². The van der Waals surface area contributed by atoms with Crippen LogP contribution in [0.3, 0.4) is 0 Å². The number of fused-ring (bicyclic) bond motifs is 1. The summed E-state index contributed by atoms with van der Waals surface area (Å²) in [6.07, 6.45) is -11.5. The van der Waals surface area contributed by atoms with Crippen molar-refractivity contribution in [2.45, 2.75) is 23.7 Å².